The summed E-state index contributed by atoms with van der Waals surface area (Å²) >= 11 is 6.20. The number of hydrogen-bond donors (Lipinski definition) is 3. The van der Waals surface area contributed by atoms with E-state index in [1.165, 1.54) is 19.2 Å². The lowest BCUT2D eigenvalue weighted by atomic mass is 9.99. The van der Waals surface area contributed by atoms with Gasteiger partial charge < -0.3 is 29.8 Å². The molecule has 1 amide bonds. The number of pyridine rings is 1. The Hall–Kier alpha value is -3.30. The van der Waals surface area contributed by atoms with Crippen LogP contribution in [0.25, 0.3) is 11.3 Å². The van der Waals surface area contributed by atoms with Gasteiger partial charge in [0.2, 0.25) is 0 Å². The number of carbonyl (C=O) groups is 1. The van der Waals surface area contributed by atoms with Crippen molar-refractivity contribution < 1.29 is 23.4 Å². The summed E-state index contributed by atoms with van der Waals surface area (Å²) in [6.07, 6.45) is 4.80. The van der Waals surface area contributed by atoms with Crippen LogP contribution in [0.5, 0.6) is 11.5 Å². The molecule has 3 N–H and O–H groups in total. The molecule has 0 saturated carbocycles. The molecule has 0 spiro atoms. The van der Waals surface area contributed by atoms with E-state index in [2.05, 4.69) is 20.6 Å². The number of amides is 1. The van der Waals surface area contributed by atoms with E-state index in [0.717, 1.165) is 12.1 Å². The average Bonchev–Trinajstić information content (AvgIpc) is 3.16. The molecule has 34 heavy (non-hydrogen) atoms. The number of aromatic amines is 1. The fourth-order valence-corrected chi connectivity index (χ4v) is 4.48. The molecule has 1 aromatic carbocycles. The van der Waals surface area contributed by atoms with Crippen LogP contribution >= 0.6 is 11.6 Å². The highest BCUT2D eigenvalue weighted by molar-refractivity contribution is 6.32. The summed E-state index contributed by atoms with van der Waals surface area (Å²) in [4.78, 5) is 20.4. The molecule has 8 nitrogen and oxygen atoms in total. The van der Waals surface area contributed by atoms with E-state index in [0.29, 0.717) is 60.1 Å². The molecule has 1 saturated heterocycles. The van der Waals surface area contributed by atoms with Crippen molar-refractivity contribution in [3.8, 4) is 22.8 Å². The minimum absolute atomic E-state index is 0.113. The lowest BCUT2D eigenvalue weighted by Gasteiger charge is -2.38. The van der Waals surface area contributed by atoms with Crippen LogP contribution < -0.4 is 20.1 Å². The van der Waals surface area contributed by atoms with Gasteiger partial charge in [0.15, 0.2) is 5.75 Å². The third kappa shape index (κ3) is 4.05. The van der Waals surface area contributed by atoms with Crippen molar-refractivity contribution in [2.75, 3.05) is 32.2 Å². The summed E-state index contributed by atoms with van der Waals surface area (Å²) in [6, 6.07) is 4.24. The maximum Gasteiger partial charge on any atom is 0.255 e. The second-order valence-corrected chi connectivity index (χ2v) is 8.94. The Labute approximate surface area is 200 Å². The third-order valence-electron chi connectivity index (χ3n) is 6.11. The molecule has 2 aliphatic heterocycles. The van der Waals surface area contributed by atoms with Gasteiger partial charge in [0.05, 0.1) is 47.6 Å². The number of aromatic nitrogens is 2. The Morgan fingerprint density at radius 2 is 2.21 bits per heavy atom. The SMILES string of the molecule is COc1c(Cl)cc(F)cc1Nc1c(-c2ccncc2OCC2(C)CCO2)[nH]c2c1C(=O)NCC2. The van der Waals surface area contributed by atoms with Crippen LogP contribution in [0.4, 0.5) is 15.8 Å². The van der Waals surface area contributed by atoms with Gasteiger partial charge in [-0.15, -0.1) is 0 Å². The van der Waals surface area contributed by atoms with Gasteiger partial charge in [-0.3, -0.25) is 9.78 Å². The van der Waals surface area contributed by atoms with Crippen LogP contribution in [0.1, 0.15) is 29.4 Å². The lowest BCUT2D eigenvalue weighted by molar-refractivity contribution is -0.152. The van der Waals surface area contributed by atoms with Crippen molar-refractivity contribution in [1.82, 2.24) is 15.3 Å². The second kappa shape index (κ2) is 8.81. The predicted molar refractivity (Wildman–Crippen MR) is 126 cm³/mol. The number of carbonyl (C=O) groups excluding carboxylic acids is 1. The number of methoxy groups -OCH3 is 1. The van der Waals surface area contributed by atoms with Crippen molar-refractivity contribution in [2.45, 2.75) is 25.4 Å². The van der Waals surface area contributed by atoms with Crippen molar-refractivity contribution in [2.24, 2.45) is 0 Å². The molecule has 1 unspecified atom stereocenters. The number of halogens is 2. The van der Waals surface area contributed by atoms with Crippen LogP contribution in [-0.2, 0) is 11.2 Å². The van der Waals surface area contributed by atoms with Gasteiger partial charge >= 0.3 is 0 Å². The first-order valence-electron chi connectivity index (χ1n) is 10.9. The number of hydrogen-bond acceptors (Lipinski definition) is 6. The quantitative estimate of drug-likeness (QED) is 0.456. The molecule has 5 rings (SSSR count). The summed E-state index contributed by atoms with van der Waals surface area (Å²) < 4.78 is 31.4. The van der Waals surface area contributed by atoms with E-state index >= 15 is 0 Å². The second-order valence-electron chi connectivity index (χ2n) is 8.54. The fraction of sp³-hybridized carbons (Fsp3) is 0.333. The first-order chi connectivity index (χ1) is 16.4. The number of H-pyrrole nitrogens is 1. The molecule has 3 aromatic rings. The third-order valence-corrected chi connectivity index (χ3v) is 6.39. The summed E-state index contributed by atoms with van der Waals surface area (Å²) in [5.41, 5.74) is 2.94. The van der Waals surface area contributed by atoms with Gasteiger partial charge in [0.1, 0.15) is 23.8 Å². The molecule has 1 fully saturated rings. The Bertz CT molecular complexity index is 1260. The maximum absolute atomic E-state index is 14.2. The highest BCUT2D eigenvalue weighted by Gasteiger charge is 2.35. The zero-order valence-corrected chi connectivity index (χ0v) is 19.5. The van der Waals surface area contributed by atoms with Gasteiger partial charge in [-0.25, -0.2) is 4.39 Å². The van der Waals surface area contributed by atoms with Crippen LogP contribution in [0.2, 0.25) is 5.02 Å². The zero-order valence-electron chi connectivity index (χ0n) is 18.8. The first-order valence-corrected chi connectivity index (χ1v) is 11.3. The zero-order chi connectivity index (χ0) is 23.9. The minimum atomic E-state index is -0.537. The molecule has 0 bridgehead atoms. The topological polar surface area (TPSA) is 97.5 Å². The van der Waals surface area contributed by atoms with Crippen molar-refractivity contribution in [1.29, 1.82) is 0 Å². The number of nitrogens with one attached hydrogen (secondary N) is 3. The number of fused-ring (bicyclic) bond motifs is 1. The number of benzene rings is 1. The van der Waals surface area contributed by atoms with E-state index in [-0.39, 0.29) is 22.3 Å². The number of rotatable bonds is 7. The number of anilines is 2. The molecule has 0 radical (unpaired) electrons. The van der Waals surface area contributed by atoms with Crippen LogP contribution in [0.15, 0.2) is 30.6 Å². The Morgan fingerprint density at radius 1 is 1.38 bits per heavy atom. The Balaban J connectivity index is 1.61. The summed E-state index contributed by atoms with van der Waals surface area (Å²) in [5.74, 6) is 0.0250. The summed E-state index contributed by atoms with van der Waals surface area (Å²) in [7, 11) is 1.45. The molecular weight excluding hydrogens is 463 g/mol. The standard InChI is InChI=1S/C24H24ClFN4O4/c1-24(5-8-34-24)12-33-18-11-27-6-3-14(18)20-21(19-16(29-20)4-7-28-23(19)31)30-17-10-13(26)9-15(25)22(17)32-2/h3,6,9-11,29-30H,4-5,7-8,12H2,1-2H3,(H,28,31). The summed E-state index contributed by atoms with van der Waals surface area (Å²) in [6.45, 7) is 3.58. The smallest absolute Gasteiger partial charge is 0.255 e. The molecule has 10 heteroatoms. The van der Waals surface area contributed by atoms with E-state index in [9.17, 15) is 9.18 Å². The normalized spacial score (nSPS) is 19.1. The van der Waals surface area contributed by atoms with Gasteiger partial charge in [0, 0.05) is 42.9 Å². The van der Waals surface area contributed by atoms with Crippen LogP contribution in [0, 0.1) is 5.82 Å². The maximum atomic E-state index is 14.2. The van der Waals surface area contributed by atoms with Gasteiger partial charge in [-0.05, 0) is 19.1 Å². The van der Waals surface area contributed by atoms with Gasteiger partial charge in [-0.1, -0.05) is 11.6 Å². The highest BCUT2D eigenvalue weighted by Crippen LogP contribution is 2.43. The van der Waals surface area contributed by atoms with Crippen molar-refractivity contribution >= 4 is 28.9 Å². The number of ether oxygens (including phenoxy) is 3. The molecule has 178 valence electrons. The van der Waals surface area contributed by atoms with Gasteiger partial charge in [0.25, 0.3) is 5.91 Å². The monoisotopic (exact) mass is 486 g/mol. The average molecular weight is 487 g/mol. The number of nitrogens with zero attached hydrogens (tertiary/aromatic N) is 1. The van der Waals surface area contributed by atoms with Crippen LogP contribution in [0.3, 0.4) is 0 Å². The van der Waals surface area contributed by atoms with Crippen molar-refractivity contribution in [3.05, 3.63) is 52.7 Å². The van der Waals surface area contributed by atoms with Crippen LogP contribution in [-0.4, -0.2) is 48.3 Å². The highest BCUT2D eigenvalue weighted by atomic mass is 35.5. The fourth-order valence-electron chi connectivity index (χ4n) is 4.20. The Morgan fingerprint density at radius 3 is 2.94 bits per heavy atom. The molecule has 2 aliphatic rings. The molecule has 2 aromatic heterocycles. The molecular formula is C24H24ClFN4O4. The van der Waals surface area contributed by atoms with Crippen molar-refractivity contribution in [3.63, 3.8) is 0 Å². The van der Waals surface area contributed by atoms with E-state index < -0.39 is 5.82 Å². The summed E-state index contributed by atoms with van der Waals surface area (Å²) in [5, 5.41) is 6.17. The molecule has 0 aliphatic carbocycles. The van der Waals surface area contributed by atoms with Gasteiger partial charge in [-0.2, -0.15) is 0 Å². The van der Waals surface area contributed by atoms with E-state index in [1.54, 1.807) is 18.5 Å². The molecule has 1 atom stereocenters. The largest absolute Gasteiger partial charge is 0.493 e. The minimum Gasteiger partial charge on any atom is -0.493 e. The van der Waals surface area contributed by atoms with E-state index in [1.807, 2.05) is 6.92 Å². The molecule has 4 heterocycles. The van der Waals surface area contributed by atoms with E-state index in [4.69, 9.17) is 25.8 Å². The predicted octanol–water partition coefficient (Wildman–Crippen LogP) is 4.47. The first kappa shape index (κ1) is 22.5. The Kier molecular flexibility index (Phi) is 5.83. The lowest BCUT2D eigenvalue weighted by Crippen LogP contribution is -2.45.